The number of phenols is 1. The summed E-state index contributed by atoms with van der Waals surface area (Å²) < 4.78 is 4.99. The minimum absolute atomic E-state index is 0.0701. The first-order valence-electron chi connectivity index (χ1n) is 6.68. The molecule has 22 heavy (non-hydrogen) atoms. The summed E-state index contributed by atoms with van der Waals surface area (Å²) in [5.41, 5.74) is 2.34. The van der Waals surface area contributed by atoms with Crippen LogP contribution in [0.1, 0.15) is 26.3 Å². The van der Waals surface area contributed by atoms with Gasteiger partial charge in [-0.2, -0.15) is 0 Å². The maximum atomic E-state index is 11.6. The van der Waals surface area contributed by atoms with Gasteiger partial charge in [-0.05, 0) is 35.9 Å². The zero-order valence-corrected chi connectivity index (χ0v) is 11.8. The number of amides is 2. The number of carbonyl (C=O) groups excluding carboxylic acids is 2. The number of rotatable bonds is 4. The monoisotopic (exact) mass is 298 g/mol. The second-order valence-corrected chi connectivity index (χ2v) is 4.90. The molecule has 6 heteroatoms. The van der Waals surface area contributed by atoms with Crippen LogP contribution >= 0.6 is 0 Å². The molecule has 1 aliphatic heterocycles. The Bertz CT molecular complexity index is 771. The van der Waals surface area contributed by atoms with Crippen molar-refractivity contribution in [1.82, 2.24) is 5.32 Å². The van der Waals surface area contributed by atoms with Crippen molar-refractivity contribution in [2.24, 2.45) is 0 Å². The summed E-state index contributed by atoms with van der Waals surface area (Å²) in [5, 5.41) is 15.1. The zero-order valence-electron chi connectivity index (χ0n) is 11.8. The molecule has 0 aromatic heterocycles. The third-order valence-electron chi connectivity index (χ3n) is 3.48. The van der Waals surface area contributed by atoms with Crippen LogP contribution < -0.4 is 15.4 Å². The van der Waals surface area contributed by atoms with Crippen molar-refractivity contribution in [1.29, 1.82) is 0 Å². The highest BCUT2D eigenvalue weighted by atomic mass is 16.5. The van der Waals surface area contributed by atoms with Crippen LogP contribution in [0, 0.1) is 0 Å². The summed E-state index contributed by atoms with van der Waals surface area (Å²) in [5.74, 6) is -0.269. The molecule has 3 rings (SSSR count). The summed E-state index contributed by atoms with van der Waals surface area (Å²) >= 11 is 0. The first kappa shape index (κ1) is 13.9. The summed E-state index contributed by atoms with van der Waals surface area (Å²) in [6, 6.07) is 10.1. The van der Waals surface area contributed by atoms with E-state index in [9.17, 15) is 14.7 Å². The highest BCUT2D eigenvalue weighted by Gasteiger charge is 2.26. The van der Waals surface area contributed by atoms with E-state index in [0.717, 1.165) is 11.3 Å². The standard InChI is InChI=1S/C16H14N2O4/c1-22-14-5-2-9(6-13(14)19)8-17-10-3-4-11-12(7-10)16(21)18-15(11)20/h2-7,17,19H,8H2,1H3,(H,18,20,21). The normalized spacial score (nSPS) is 12.8. The van der Waals surface area contributed by atoms with Gasteiger partial charge in [0.15, 0.2) is 11.5 Å². The molecular formula is C16H14N2O4. The molecule has 0 spiro atoms. The van der Waals surface area contributed by atoms with E-state index in [-0.39, 0.29) is 17.6 Å². The molecule has 2 aromatic rings. The lowest BCUT2D eigenvalue weighted by Crippen LogP contribution is -2.19. The quantitative estimate of drug-likeness (QED) is 0.750. The average Bonchev–Trinajstić information content (AvgIpc) is 2.80. The molecule has 0 unspecified atom stereocenters. The second kappa shape index (κ2) is 5.40. The molecule has 3 N–H and O–H groups in total. The number of anilines is 1. The highest BCUT2D eigenvalue weighted by Crippen LogP contribution is 2.27. The smallest absolute Gasteiger partial charge is 0.259 e. The van der Waals surface area contributed by atoms with Crippen LogP contribution in [-0.4, -0.2) is 24.0 Å². The number of benzene rings is 2. The summed E-state index contributed by atoms with van der Waals surface area (Å²) in [6.45, 7) is 0.464. The van der Waals surface area contributed by atoms with Gasteiger partial charge in [0.25, 0.3) is 11.8 Å². The third-order valence-corrected chi connectivity index (χ3v) is 3.48. The maximum absolute atomic E-state index is 11.6. The topological polar surface area (TPSA) is 87.7 Å². The largest absolute Gasteiger partial charge is 0.504 e. The Balaban J connectivity index is 1.75. The Morgan fingerprint density at radius 1 is 1.09 bits per heavy atom. The van der Waals surface area contributed by atoms with E-state index in [1.165, 1.54) is 7.11 Å². The summed E-state index contributed by atoms with van der Waals surface area (Å²) in [4.78, 5) is 23.1. The molecule has 0 fully saturated rings. The van der Waals surface area contributed by atoms with Crippen molar-refractivity contribution in [2.45, 2.75) is 6.54 Å². The van der Waals surface area contributed by atoms with Gasteiger partial charge >= 0.3 is 0 Å². The molecule has 0 saturated heterocycles. The molecule has 112 valence electrons. The number of phenolic OH excluding ortho intramolecular Hbond substituents is 1. The Morgan fingerprint density at radius 3 is 2.59 bits per heavy atom. The lowest BCUT2D eigenvalue weighted by molar-refractivity contribution is 0.0879. The van der Waals surface area contributed by atoms with Crippen molar-refractivity contribution in [3.63, 3.8) is 0 Å². The Hall–Kier alpha value is -3.02. The molecule has 6 nitrogen and oxygen atoms in total. The predicted molar refractivity (Wildman–Crippen MR) is 80.2 cm³/mol. The van der Waals surface area contributed by atoms with Gasteiger partial charge in [0.2, 0.25) is 0 Å². The number of hydrogen-bond acceptors (Lipinski definition) is 5. The van der Waals surface area contributed by atoms with Crippen LogP contribution in [-0.2, 0) is 6.54 Å². The molecule has 2 aromatic carbocycles. The van der Waals surface area contributed by atoms with Crippen molar-refractivity contribution < 1.29 is 19.4 Å². The van der Waals surface area contributed by atoms with Gasteiger partial charge in [0, 0.05) is 12.2 Å². The van der Waals surface area contributed by atoms with Crippen molar-refractivity contribution >= 4 is 17.5 Å². The SMILES string of the molecule is COc1ccc(CNc2ccc3c(c2)C(=O)NC3=O)cc1O. The molecule has 0 aliphatic carbocycles. The van der Waals surface area contributed by atoms with Gasteiger partial charge in [-0.3, -0.25) is 14.9 Å². The van der Waals surface area contributed by atoms with Gasteiger partial charge in [0.1, 0.15) is 0 Å². The Labute approximate surface area is 126 Å². The molecule has 2 amide bonds. The predicted octanol–water partition coefficient (Wildman–Crippen LogP) is 1.90. The first-order valence-corrected chi connectivity index (χ1v) is 6.68. The Kier molecular flexibility index (Phi) is 3.42. The molecule has 1 aliphatic rings. The lowest BCUT2D eigenvalue weighted by atomic mass is 10.1. The van der Waals surface area contributed by atoms with Crippen LogP contribution in [0.25, 0.3) is 0 Å². The van der Waals surface area contributed by atoms with E-state index in [0.29, 0.717) is 23.4 Å². The molecular weight excluding hydrogens is 284 g/mol. The summed E-state index contributed by atoms with van der Waals surface area (Å²) in [7, 11) is 1.49. The fourth-order valence-electron chi connectivity index (χ4n) is 2.33. The highest BCUT2D eigenvalue weighted by molar-refractivity contribution is 6.21. The van der Waals surface area contributed by atoms with Gasteiger partial charge < -0.3 is 15.2 Å². The molecule has 0 atom stereocenters. The number of carbonyl (C=O) groups is 2. The van der Waals surface area contributed by atoms with Crippen molar-refractivity contribution in [3.8, 4) is 11.5 Å². The number of aromatic hydroxyl groups is 1. The van der Waals surface area contributed by atoms with E-state index < -0.39 is 0 Å². The van der Waals surface area contributed by atoms with E-state index >= 15 is 0 Å². The number of nitrogens with one attached hydrogen (secondary N) is 2. The fourth-order valence-corrected chi connectivity index (χ4v) is 2.33. The minimum Gasteiger partial charge on any atom is -0.504 e. The van der Waals surface area contributed by atoms with Gasteiger partial charge in [-0.15, -0.1) is 0 Å². The molecule has 1 heterocycles. The van der Waals surface area contributed by atoms with Crippen molar-refractivity contribution in [2.75, 3.05) is 12.4 Å². The van der Waals surface area contributed by atoms with E-state index in [2.05, 4.69) is 10.6 Å². The van der Waals surface area contributed by atoms with Crippen LogP contribution in [0.2, 0.25) is 0 Å². The number of imide groups is 1. The molecule has 0 radical (unpaired) electrons. The molecule has 0 bridgehead atoms. The summed E-state index contributed by atoms with van der Waals surface area (Å²) in [6.07, 6.45) is 0. The van der Waals surface area contributed by atoms with Gasteiger partial charge in [-0.1, -0.05) is 6.07 Å². The maximum Gasteiger partial charge on any atom is 0.259 e. The zero-order chi connectivity index (χ0) is 15.7. The fraction of sp³-hybridized carbons (Fsp3) is 0.125. The van der Waals surface area contributed by atoms with Crippen LogP contribution in [0.4, 0.5) is 5.69 Å². The number of methoxy groups -OCH3 is 1. The third kappa shape index (κ3) is 2.46. The van der Waals surface area contributed by atoms with E-state index in [4.69, 9.17) is 4.74 Å². The van der Waals surface area contributed by atoms with Crippen LogP contribution in [0.3, 0.4) is 0 Å². The van der Waals surface area contributed by atoms with Gasteiger partial charge in [-0.25, -0.2) is 0 Å². The average molecular weight is 298 g/mol. The number of hydrogen-bond donors (Lipinski definition) is 3. The van der Waals surface area contributed by atoms with Crippen LogP contribution in [0.15, 0.2) is 36.4 Å². The van der Waals surface area contributed by atoms with E-state index in [1.54, 1.807) is 30.3 Å². The number of ether oxygens (including phenoxy) is 1. The molecule has 0 saturated carbocycles. The number of fused-ring (bicyclic) bond motifs is 1. The first-order chi connectivity index (χ1) is 10.6. The van der Waals surface area contributed by atoms with Crippen molar-refractivity contribution in [3.05, 3.63) is 53.1 Å². The minimum atomic E-state index is -0.384. The lowest BCUT2D eigenvalue weighted by Gasteiger charge is -2.09. The Morgan fingerprint density at radius 2 is 1.86 bits per heavy atom. The van der Waals surface area contributed by atoms with Crippen LogP contribution in [0.5, 0.6) is 11.5 Å². The van der Waals surface area contributed by atoms with E-state index in [1.807, 2.05) is 6.07 Å². The second-order valence-electron chi connectivity index (χ2n) is 4.90. The van der Waals surface area contributed by atoms with Gasteiger partial charge in [0.05, 0.1) is 18.2 Å².